The molecule has 2 aliphatic rings. The smallest absolute Gasteiger partial charge is 0.253 e. The summed E-state index contributed by atoms with van der Waals surface area (Å²) in [4.78, 5) is 30.9. The molecule has 2 saturated heterocycles. The first-order valence-electron chi connectivity index (χ1n) is 9.66. The van der Waals surface area contributed by atoms with Crippen molar-refractivity contribution in [2.75, 3.05) is 80.7 Å². The molecule has 0 aliphatic carbocycles. The Hall–Kier alpha value is -2.38. The van der Waals surface area contributed by atoms with Gasteiger partial charge >= 0.3 is 0 Å². The number of anilines is 3. The molecule has 0 aromatic heterocycles. The van der Waals surface area contributed by atoms with Gasteiger partial charge in [0.1, 0.15) is 11.4 Å². The van der Waals surface area contributed by atoms with E-state index < -0.39 is 0 Å². The molecule has 0 amide bonds. The molecule has 7 heteroatoms. The molecule has 2 heterocycles. The second-order valence-corrected chi connectivity index (χ2v) is 7.07. The van der Waals surface area contributed by atoms with Crippen LogP contribution in [0.5, 0.6) is 0 Å². The number of nitrogens with zero attached hydrogens (tertiary/aromatic N) is 3. The van der Waals surface area contributed by atoms with Gasteiger partial charge in [-0.25, -0.2) is 0 Å². The van der Waals surface area contributed by atoms with E-state index in [4.69, 9.17) is 4.74 Å². The lowest BCUT2D eigenvalue weighted by atomic mass is 10.1. The number of hydrogen-bond acceptors (Lipinski definition) is 7. The maximum Gasteiger partial charge on any atom is 0.253 e. The molecular formula is C20H26N4O3. The van der Waals surface area contributed by atoms with Crippen LogP contribution in [0.4, 0.5) is 17.1 Å². The molecule has 0 saturated carbocycles. The van der Waals surface area contributed by atoms with E-state index in [0.717, 1.165) is 59.0 Å². The van der Waals surface area contributed by atoms with Gasteiger partial charge in [-0.15, -0.1) is 0 Å². The highest BCUT2D eigenvalue weighted by molar-refractivity contribution is 5.75. The highest BCUT2D eigenvalue weighted by Crippen LogP contribution is 2.23. The number of nitrogens with one attached hydrogen (secondary N) is 1. The van der Waals surface area contributed by atoms with E-state index >= 15 is 0 Å². The van der Waals surface area contributed by atoms with Crippen LogP contribution in [-0.4, -0.2) is 70.5 Å². The fourth-order valence-corrected chi connectivity index (χ4v) is 3.84. The fourth-order valence-electron chi connectivity index (χ4n) is 3.84. The van der Waals surface area contributed by atoms with Crippen LogP contribution < -0.4 is 26.0 Å². The normalized spacial score (nSPS) is 18.8. The van der Waals surface area contributed by atoms with E-state index in [0.29, 0.717) is 17.9 Å². The maximum absolute atomic E-state index is 12.2. The van der Waals surface area contributed by atoms with Crippen molar-refractivity contribution < 1.29 is 4.74 Å². The highest BCUT2D eigenvalue weighted by atomic mass is 16.5. The van der Waals surface area contributed by atoms with Crippen LogP contribution in [0.15, 0.2) is 39.9 Å². The lowest BCUT2D eigenvalue weighted by Gasteiger charge is -2.38. The zero-order chi connectivity index (χ0) is 18.6. The summed E-state index contributed by atoms with van der Waals surface area (Å²) in [7, 11) is 0. The maximum atomic E-state index is 12.2. The van der Waals surface area contributed by atoms with Gasteiger partial charge in [0.25, 0.3) is 10.9 Å². The van der Waals surface area contributed by atoms with Gasteiger partial charge in [0.2, 0.25) is 0 Å². The monoisotopic (exact) mass is 370 g/mol. The van der Waals surface area contributed by atoms with Crippen LogP contribution in [-0.2, 0) is 4.74 Å². The van der Waals surface area contributed by atoms with E-state index in [1.54, 1.807) is 0 Å². The summed E-state index contributed by atoms with van der Waals surface area (Å²) in [6.45, 7) is 8.06. The third-order valence-corrected chi connectivity index (χ3v) is 5.44. The number of morpholine rings is 1. The van der Waals surface area contributed by atoms with E-state index in [9.17, 15) is 9.59 Å². The molecule has 1 N–H and O–H groups in total. The lowest BCUT2D eigenvalue weighted by Crippen LogP contribution is -2.52. The minimum atomic E-state index is -0.377. The molecule has 4 rings (SSSR count). The second kappa shape index (κ2) is 8.10. The average molecular weight is 370 g/mol. The van der Waals surface area contributed by atoms with Crippen molar-refractivity contribution in [2.24, 2.45) is 0 Å². The fraction of sp³-hybridized carbons (Fsp3) is 0.500. The van der Waals surface area contributed by atoms with Crippen molar-refractivity contribution in [3.05, 3.63) is 50.8 Å². The summed E-state index contributed by atoms with van der Waals surface area (Å²) in [6.07, 6.45) is 0. The third-order valence-electron chi connectivity index (χ3n) is 5.44. The van der Waals surface area contributed by atoms with Crippen molar-refractivity contribution in [3.8, 4) is 0 Å². The first-order chi connectivity index (χ1) is 13.2. The van der Waals surface area contributed by atoms with Crippen molar-refractivity contribution in [1.82, 2.24) is 4.90 Å². The van der Waals surface area contributed by atoms with E-state index in [1.807, 2.05) is 18.2 Å². The minimum Gasteiger partial charge on any atom is -0.379 e. The molecule has 0 spiro atoms. The predicted molar refractivity (Wildman–Crippen MR) is 108 cm³/mol. The number of benzene rings is 1. The zero-order valence-electron chi connectivity index (χ0n) is 15.5. The molecule has 0 bridgehead atoms. The summed E-state index contributed by atoms with van der Waals surface area (Å²) in [5.74, 6) is 0. The summed E-state index contributed by atoms with van der Waals surface area (Å²) in [5.41, 5.74) is 1.55. The second-order valence-electron chi connectivity index (χ2n) is 7.07. The summed E-state index contributed by atoms with van der Waals surface area (Å²) in [6, 6.07) is 10.3. The van der Waals surface area contributed by atoms with Gasteiger partial charge in [-0.05, 0) is 12.1 Å². The van der Waals surface area contributed by atoms with E-state index in [1.165, 1.54) is 5.69 Å². The number of hydrogen-bond donors (Lipinski definition) is 1. The SMILES string of the molecule is O=c1c(NCCN2CCOCC2)c(N2CCN(c3ccccc3)CC2)c1=O. The van der Waals surface area contributed by atoms with Crippen molar-refractivity contribution in [1.29, 1.82) is 0 Å². The number of para-hydroxylation sites is 1. The molecule has 2 aliphatic heterocycles. The summed E-state index contributed by atoms with van der Waals surface area (Å²) in [5, 5.41) is 3.21. The van der Waals surface area contributed by atoms with E-state index in [2.05, 4.69) is 32.1 Å². The lowest BCUT2D eigenvalue weighted by molar-refractivity contribution is 0.0398. The largest absolute Gasteiger partial charge is 0.379 e. The average Bonchev–Trinajstić information content (AvgIpc) is 2.74. The highest BCUT2D eigenvalue weighted by Gasteiger charge is 2.28. The molecule has 0 atom stereocenters. The molecule has 0 unspecified atom stereocenters. The van der Waals surface area contributed by atoms with Gasteiger partial charge in [0, 0.05) is 58.0 Å². The molecule has 27 heavy (non-hydrogen) atoms. The Labute approximate surface area is 158 Å². The van der Waals surface area contributed by atoms with Gasteiger partial charge in [0.15, 0.2) is 0 Å². The Balaban J connectivity index is 1.34. The molecule has 0 radical (unpaired) electrons. The Kier molecular flexibility index (Phi) is 5.40. The molecular weight excluding hydrogens is 344 g/mol. The Morgan fingerprint density at radius 3 is 2.22 bits per heavy atom. The first-order valence-corrected chi connectivity index (χ1v) is 9.66. The number of piperazine rings is 1. The molecule has 2 aromatic carbocycles. The predicted octanol–water partition coefficient (Wildman–Crippen LogP) is 0.353. The summed E-state index contributed by atoms with van der Waals surface area (Å²) < 4.78 is 5.35. The number of ether oxygens (including phenoxy) is 1. The Morgan fingerprint density at radius 1 is 0.852 bits per heavy atom. The Morgan fingerprint density at radius 2 is 1.52 bits per heavy atom. The minimum absolute atomic E-state index is 0.350. The van der Waals surface area contributed by atoms with Gasteiger partial charge in [-0.3, -0.25) is 14.5 Å². The standard InChI is InChI=1S/C20H26N4O3/c25-19-17(21-6-7-22-12-14-27-15-13-22)18(20(19)26)24-10-8-23(9-11-24)16-4-2-1-3-5-16/h1-5,21H,6-15H2. The van der Waals surface area contributed by atoms with Crippen LogP contribution in [0, 0.1) is 0 Å². The Bertz CT molecular complexity index is 818. The van der Waals surface area contributed by atoms with Crippen LogP contribution >= 0.6 is 0 Å². The van der Waals surface area contributed by atoms with Crippen molar-refractivity contribution in [2.45, 2.75) is 0 Å². The van der Waals surface area contributed by atoms with Gasteiger partial charge in [-0.2, -0.15) is 0 Å². The molecule has 2 fully saturated rings. The molecule has 144 valence electrons. The zero-order valence-corrected chi connectivity index (χ0v) is 15.5. The van der Waals surface area contributed by atoms with Crippen LogP contribution in [0.25, 0.3) is 0 Å². The summed E-state index contributed by atoms with van der Waals surface area (Å²) >= 11 is 0. The van der Waals surface area contributed by atoms with Crippen LogP contribution in [0.3, 0.4) is 0 Å². The quantitative estimate of drug-likeness (QED) is 0.736. The number of rotatable bonds is 6. The van der Waals surface area contributed by atoms with Crippen LogP contribution in [0.2, 0.25) is 0 Å². The third kappa shape index (κ3) is 3.84. The van der Waals surface area contributed by atoms with Crippen molar-refractivity contribution >= 4 is 17.1 Å². The molecule has 2 aromatic rings. The first kappa shape index (κ1) is 18.0. The van der Waals surface area contributed by atoms with Gasteiger partial charge in [-0.1, -0.05) is 18.2 Å². The van der Waals surface area contributed by atoms with Crippen molar-refractivity contribution in [3.63, 3.8) is 0 Å². The van der Waals surface area contributed by atoms with E-state index in [-0.39, 0.29) is 10.9 Å². The van der Waals surface area contributed by atoms with Crippen LogP contribution in [0.1, 0.15) is 0 Å². The van der Waals surface area contributed by atoms with Gasteiger partial charge in [0.05, 0.1) is 13.2 Å². The molecule has 7 nitrogen and oxygen atoms in total. The van der Waals surface area contributed by atoms with Gasteiger partial charge < -0.3 is 19.9 Å². The topological polar surface area (TPSA) is 65.1 Å².